The van der Waals surface area contributed by atoms with E-state index in [1.807, 2.05) is 0 Å². The molecule has 1 saturated heterocycles. The summed E-state index contributed by atoms with van der Waals surface area (Å²) in [6, 6.07) is 0. The van der Waals surface area contributed by atoms with Gasteiger partial charge in [-0.3, -0.25) is 0 Å². The summed E-state index contributed by atoms with van der Waals surface area (Å²) in [5.74, 6) is 0.846. The maximum Gasteiger partial charge on any atom is 0.127 e. The Hall–Kier alpha value is 0.270. The molecule has 0 aromatic rings. The standard InChI is InChI=1S/C6H13NOS/c1-2-6-5-7-3-4-9(6)8/h6-7H,2-5H2,1H3. The number of hydrogen-bond donors (Lipinski definition) is 1. The van der Waals surface area contributed by atoms with Crippen molar-refractivity contribution in [3.63, 3.8) is 0 Å². The molecule has 1 aliphatic heterocycles. The van der Waals surface area contributed by atoms with Crippen molar-refractivity contribution in [3.8, 4) is 0 Å². The molecule has 0 aromatic heterocycles. The highest BCUT2D eigenvalue weighted by Crippen LogP contribution is 2.08. The summed E-state index contributed by atoms with van der Waals surface area (Å²) < 4.78 is 11.1. The quantitative estimate of drug-likeness (QED) is 0.535. The number of nitrogens with one attached hydrogen (secondary N) is 1. The summed E-state index contributed by atoms with van der Waals surface area (Å²) in [7, 11) is 0. The molecular formula is C6H13NOS. The van der Waals surface area contributed by atoms with Gasteiger partial charge in [-0.2, -0.15) is 0 Å². The van der Waals surface area contributed by atoms with Crippen molar-refractivity contribution in [2.45, 2.75) is 18.6 Å². The predicted molar refractivity (Wildman–Crippen MR) is 40.0 cm³/mol. The van der Waals surface area contributed by atoms with Crippen LogP contribution in [-0.4, -0.2) is 28.6 Å². The van der Waals surface area contributed by atoms with Gasteiger partial charge >= 0.3 is 0 Å². The SMILES string of the molecule is CCC1CNCC[S+]1[O-]. The van der Waals surface area contributed by atoms with Gasteiger partial charge in [-0.25, -0.2) is 0 Å². The van der Waals surface area contributed by atoms with Crippen LogP contribution in [-0.2, 0) is 11.2 Å². The van der Waals surface area contributed by atoms with Gasteiger partial charge in [0.25, 0.3) is 0 Å². The van der Waals surface area contributed by atoms with Crippen LogP contribution >= 0.6 is 0 Å². The molecule has 0 amide bonds. The van der Waals surface area contributed by atoms with Crippen LogP contribution < -0.4 is 5.32 Å². The van der Waals surface area contributed by atoms with Gasteiger partial charge in [-0.1, -0.05) is 6.92 Å². The van der Waals surface area contributed by atoms with E-state index in [9.17, 15) is 4.55 Å². The van der Waals surface area contributed by atoms with E-state index in [0.29, 0.717) is 5.25 Å². The van der Waals surface area contributed by atoms with Crippen LogP contribution in [0.25, 0.3) is 0 Å². The Morgan fingerprint density at radius 1 is 1.78 bits per heavy atom. The highest BCUT2D eigenvalue weighted by Gasteiger charge is 2.23. The first-order valence-corrected chi connectivity index (χ1v) is 4.80. The Bertz CT molecular complexity index is 89.1. The summed E-state index contributed by atoms with van der Waals surface area (Å²) in [6.45, 7) is 3.97. The third kappa shape index (κ3) is 1.85. The fourth-order valence-electron chi connectivity index (χ4n) is 1.03. The average molecular weight is 147 g/mol. The summed E-state index contributed by atoms with van der Waals surface area (Å²) >= 11 is -0.541. The number of rotatable bonds is 1. The van der Waals surface area contributed by atoms with Crippen molar-refractivity contribution < 1.29 is 4.55 Å². The van der Waals surface area contributed by atoms with E-state index in [1.54, 1.807) is 0 Å². The maximum atomic E-state index is 11.1. The molecule has 0 aromatic carbocycles. The molecule has 1 N–H and O–H groups in total. The van der Waals surface area contributed by atoms with E-state index < -0.39 is 11.2 Å². The van der Waals surface area contributed by atoms with Gasteiger partial charge in [0.2, 0.25) is 0 Å². The lowest BCUT2D eigenvalue weighted by Crippen LogP contribution is -2.43. The van der Waals surface area contributed by atoms with Crippen molar-refractivity contribution in [2.75, 3.05) is 18.8 Å². The van der Waals surface area contributed by atoms with Gasteiger partial charge in [-0.05, 0) is 17.6 Å². The van der Waals surface area contributed by atoms with Gasteiger partial charge in [-0.15, -0.1) is 0 Å². The van der Waals surface area contributed by atoms with Crippen LogP contribution in [0, 0.1) is 0 Å². The molecular weight excluding hydrogens is 134 g/mol. The molecule has 1 aliphatic rings. The van der Waals surface area contributed by atoms with Gasteiger partial charge in [0.1, 0.15) is 11.0 Å². The van der Waals surface area contributed by atoms with E-state index in [-0.39, 0.29) is 0 Å². The number of hydrogen-bond acceptors (Lipinski definition) is 2. The van der Waals surface area contributed by atoms with Gasteiger partial charge in [0.05, 0.1) is 0 Å². The molecule has 0 saturated carbocycles. The smallest absolute Gasteiger partial charge is 0.127 e. The lowest BCUT2D eigenvalue weighted by atomic mass is 10.3. The Morgan fingerprint density at radius 2 is 2.56 bits per heavy atom. The van der Waals surface area contributed by atoms with Crippen molar-refractivity contribution in [1.82, 2.24) is 5.32 Å². The first-order chi connectivity index (χ1) is 4.34. The average Bonchev–Trinajstić information content (AvgIpc) is 1.89. The van der Waals surface area contributed by atoms with Crippen LogP contribution in [0.1, 0.15) is 13.3 Å². The first kappa shape index (κ1) is 7.38. The van der Waals surface area contributed by atoms with E-state index in [2.05, 4.69) is 12.2 Å². The van der Waals surface area contributed by atoms with E-state index in [1.165, 1.54) is 0 Å². The first-order valence-electron chi connectivity index (χ1n) is 3.42. The summed E-state index contributed by atoms with van der Waals surface area (Å²) in [5, 5.41) is 3.64. The third-order valence-corrected chi connectivity index (χ3v) is 3.53. The zero-order valence-electron chi connectivity index (χ0n) is 5.72. The van der Waals surface area contributed by atoms with Crippen LogP contribution in [0.2, 0.25) is 0 Å². The molecule has 0 radical (unpaired) electrons. The normalized spacial score (nSPS) is 36.7. The zero-order valence-corrected chi connectivity index (χ0v) is 6.54. The molecule has 54 valence electrons. The molecule has 0 bridgehead atoms. The molecule has 2 unspecified atom stereocenters. The summed E-state index contributed by atoms with van der Waals surface area (Å²) in [4.78, 5) is 0. The van der Waals surface area contributed by atoms with Gasteiger partial charge in [0.15, 0.2) is 0 Å². The fourth-order valence-corrected chi connectivity index (χ4v) is 2.38. The third-order valence-electron chi connectivity index (χ3n) is 1.68. The lowest BCUT2D eigenvalue weighted by molar-refractivity contribution is 0.540. The monoisotopic (exact) mass is 147 g/mol. The minimum atomic E-state index is -0.541. The van der Waals surface area contributed by atoms with Crippen molar-refractivity contribution >= 4 is 11.2 Å². The molecule has 1 rings (SSSR count). The largest absolute Gasteiger partial charge is 0.616 e. The molecule has 1 heterocycles. The Labute approximate surface area is 59.2 Å². The Kier molecular flexibility index (Phi) is 2.82. The van der Waals surface area contributed by atoms with E-state index in [0.717, 1.165) is 25.3 Å². The van der Waals surface area contributed by atoms with Crippen LogP contribution in [0.5, 0.6) is 0 Å². The molecule has 9 heavy (non-hydrogen) atoms. The molecule has 1 fully saturated rings. The lowest BCUT2D eigenvalue weighted by Gasteiger charge is -2.25. The molecule has 0 aliphatic carbocycles. The highest BCUT2D eigenvalue weighted by molar-refractivity contribution is 7.92. The zero-order chi connectivity index (χ0) is 6.69. The van der Waals surface area contributed by atoms with Gasteiger partial charge < -0.3 is 9.87 Å². The Balaban J connectivity index is 2.30. The minimum Gasteiger partial charge on any atom is -0.616 e. The second kappa shape index (κ2) is 3.44. The van der Waals surface area contributed by atoms with Crippen LogP contribution in [0.15, 0.2) is 0 Å². The summed E-state index contributed by atoms with van der Waals surface area (Å²) in [5.41, 5.74) is 0. The second-order valence-electron chi connectivity index (χ2n) is 2.32. The summed E-state index contributed by atoms with van der Waals surface area (Å²) in [6.07, 6.45) is 1.04. The van der Waals surface area contributed by atoms with Crippen molar-refractivity contribution in [2.24, 2.45) is 0 Å². The van der Waals surface area contributed by atoms with Crippen molar-refractivity contribution in [3.05, 3.63) is 0 Å². The molecule has 3 heteroatoms. The molecule has 0 spiro atoms. The Morgan fingerprint density at radius 3 is 3.00 bits per heavy atom. The van der Waals surface area contributed by atoms with E-state index >= 15 is 0 Å². The fraction of sp³-hybridized carbons (Fsp3) is 1.00. The van der Waals surface area contributed by atoms with Crippen molar-refractivity contribution in [1.29, 1.82) is 0 Å². The predicted octanol–water partition coefficient (Wildman–Crippen LogP) is 0.117. The maximum absolute atomic E-state index is 11.1. The van der Waals surface area contributed by atoms with Crippen LogP contribution in [0.4, 0.5) is 0 Å². The minimum absolute atomic E-state index is 0.416. The molecule has 2 atom stereocenters. The molecule has 2 nitrogen and oxygen atoms in total. The van der Waals surface area contributed by atoms with E-state index in [4.69, 9.17) is 0 Å². The van der Waals surface area contributed by atoms with Gasteiger partial charge in [0, 0.05) is 13.1 Å². The highest BCUT2D eigenvalue weighted by atomic mass is 32.2. The second-order valence-corrected chi connectivity index (χ2v) is 4.16. The van der Waals surface area contributed by atoms with Crippen LogP contribution in [0.3, 0.4) is 0 Å². The topological polar surface area (TPSA) is 35.1 Å².